The van der Waals surface area contributed by atoms with Crippen LogP contribution in [0.1, 0.15) is 13.3 Å². The second kappa shape index (κ2) is 9.77. The van der Waals surface area contributed by atoms with Crippen LogP contribution in [-0.4, -0.2) is 38.8 Å². The first-order valence-electron chi connectivity index (χ1n) is 10.8. The highest BCUT2D eigenvalue weighted by molar-refractivity contribution is 7.89. The summed E-state index contributed by atoms with van der Waals surface area (Å²) in [7, 11) is -0.713. The highest BCUT2D eigenvalue weighted by Gasteiger charge is 2.26. The Morgan fingerprint density at radius 2 is 1.77 bits per heavy atom. The second-order valence-electron chi connectivity index (χ2n) is 7.88. The topological polar surface area (TPSA) is 119 Å². The number of sulfonamides is 1. The number of furan rings is 1. The predicted octanol–water partition coefficient (Wildman–Crippen LogP) is 4.10. The van der Waals surface area contributed by atoms with Gasteiger partial charge in [0.1, 0.15) is 5.58 Å². The molecule has 0 radical (unpaired) electrons. The lowest BCUT2D eigenvalue weighted by atomic mass is 10.1. The van der Waals surface area contributed by atoms with Gasteiger partial charge in [-0.05, 0) is 55.0 Å². The van der Waals surface area contributed by atoms with E-state index in [-0.39, 0.29) is 28.6 Å². The third kappa shape index (κ3) is 4.84. The van der Waals surface area contributed by atoms with Gasteiger partial charge in [0.25, 0.3) is 5.91 Å². The third-order valence-electron chi connectivity index (χ3n) is 5.32. The van der Waals surface area contributed by atoms with E-state index >= 15 is 0 Å². The lowest BCUT2D eigenvalue weighted by molar-refractivity contribution is -0.122. The van der Waals surface area contributed by atoms with Crippen molar-refractivity contribution in [1.29, 1.82) is 0 Å². The lowest BCUT2D eigenvalue weighted by Gasteiger charge is -2.18. The van der Waals surface area contributed by atoms with Gasteiger partial charge in [0.15, 0.2) is 11.9 Å². The number of ether oxygens (including phenoxy) is 1. The summed E-state index contributed by atoms with van der Waals surface area (Å²) in [6.07, 6.45) is 0.666. The fraction of sp³-hybridized carbons (Fsp3) is 0.200. The van der Waals surface area contributed by atoms with Crippen molar-refractivity contribution in [2.45, 2.75) is 24.3 Å². The van der Waals surface area contributed by atoms with Crippen LogP contribution in [0.5, 0.6) is 5.75 Å². The van der Waals surface area contributed by atoms with E-state index < -0.39 is 27.5 Å². The molecule has 2 aromatic carbocycles. The molecule has 0 aliphatic heterocycles. The van der Waals surface area contributed by atoms with Crippen LogP contribution >= 0.6 is 0 Å². The first-order valence-corrected chi connectivity index (χ1v) is 12.3. The fourth-order valence-corrected chi connectivity index (χ4v) is 4.31. The summed E-state index contributed by atoms with van der Waals surface area (Å²) in [5, 5.41) is 3.01. The van der Waals surface area contributed by atoms with Crippen LogP contribution in [-0.2, 0) is 14.8 Å². The van der Waals surface area contributed by atoms with Crippen molar-refractivity contribution in [3.63, 3.8) is 0 Å². The maximum absolute atomic E-state index is 13.2. The zero-order chi connectivity index (χ0) is 25.2. The summed E-state index contributed by atoms with van der Waals surface area (Å²) < 4.78 is 42.9. The number of rotatable bonds is 8. The number of carbonyl (C=O) groups is 1. The minimum atomic E-state index is -3.59. The van der Waals surface area contributed by atoms with Crippen molar-refractivity contribution in [3.8, 4) is 17.3 Å². The summed E-state index contributed by atoms with van der Waals surface area (Å²) in [5.41, 5.74) is 0.316. The molecule has 1 N–H and O–H groups in total. The molecule has 182 valence electrons. The van der Waals surface area contributed by atoms with Crippen molar-refractivity contribution < 1.29 is 26.8 Å². The number of anilines is 1. The molecule has 1 atom stereocenters. The van der Waals surface area contributed by atoms with Crippen molar-refractivity contribution in [2.75, 3.05) is 19.4 Å². The molecule has 1 unspecified atom stereocenters. The molecule has 10 heteroatoms. The Bertz CT molecular complexity index is 1510. The van der Waals surface area contributed by atoms with Crippen LogP contribution in [0.3, 0.4) is 0 Å². The number of amides is 1. The van der Waals surface area contributed by atoms with Crippen molar-refractivity contribution in [3.05, 3.63) is 77.2 Å². The minimum absolute atomic E-state index is 0.0863. The van der Waals surface area contributed by atoms with Crippen LogP contribution < -0.4 is 15.5 Å². The summed E-state index contributed by atoms with van der Waals surface area (Å²) in [4.78, 5) is 26.3. The van der Waals surface area contributed by atoms with Crippen molar-refractivity contribution in [2.24, 2.45) is 0 Å². The smallest absolute Gasteiger partial charge is 0.265 e. The average Bonchev–Trinajstić information content (AvgIpc) is 3.38. The highest BCUT2D eigenvalue weighted by atomic mass is 32.2. The average molecular weight is 497 g/mol. The standard InChI is InChI=1S/C25H24N2O7S/c1-4-19(25(29)26-16-11-13-17(14-12-16)35(30,31)27(2)3)33-24-22(28)18-8-5-6-9-20(18)34-23(24)21-10-7-15-32-21/h5-15,19H,4H2,1-3H3,(H,26,29). The monoisotopic (exact) mass is 496 g/mol. The number of carbonyl (C=O) groups excluding carboxylic acids is 1. The maximum Gasteiger partial charge on any atom is 0.265 e. The number of hydrogen-bond acceptors (Lipinski definition) is 7. The Kier molecular flexibility index (Phi) is 6.77. The molecule has 0 spiro atoms. The molecule has 2 heterocycles. The number of para-hydroxylation sites is 1. The molecule has 9 nitrogen and oxygen atoms in total. The largest absolute Gasteiger partial charge is 0.473 e. The molecule has 4 aromatic rings. The molecule has 35 heavy (non-hydrogen) atoms. The van der Waals surface area contributed by atoms with E-state index in [2.05, 4.69) is 5.32 Å². The molecular formula is C25H24N2O7S. The molecule has 0 fully saturated rings. The van der Waals surface area contributed by atoms with Gasteiger partial charge in [0, 0.05) is 19.8 Å². The quantitative estimate of drug-likeness (QED) is 0.390. The van der Waals surface area contributed by atoms with Gasteiger partial charge in [-0.2, -0.15) is 0 Å². The summed E-state index contributed by atoms with van der Waals surface area (Å²) in [6, 6.07) is 15.8. The van der Waals surface area contributed by atoms with Gasteiger partial charge in [0.2, 0.25) is 27.0 Å². The van der Waals surface area contributed by atoms with Gasteiger partial charge in [-0.25, -0.2) is 12.7 Å². The zero-order valence-electron chi connectivity index (χ0n) is 19.3. The van der Waals surface area contributed by atoms with Gasteiger partial charge in [-0.3, -0.25) is 9.59 Å². The zero-order valence-corrected chi connectivity index (χ0v) is 20.2. The van der Waals surface area contributed by atoms with Crippen LogP contribution in [0.15, 0.2) is 85.5 Å². The first-order chi connectivity index (χ1) is 16.7. The molecule has 1 amide bonds. The highest BCUT2D eigenvalue weighted by Crippen LogP contribution is 2.32. The molecule has 0 saturated carbocycles. The third-order valence-corrected chi connectivity index (χ3v) is 7.15. The Balaban J connectivity index is 1.63. The number of fused-ring (bicyclic) bond motifs is 1. The Labute approximate surface area is 202 Å². The SMILES string of the molecule is CCC(Oc1c(-c2ccco2)oc2ccccc2c1=O)C(=O)Nc1ccc(S(=O)(=O)N(C)C)cc1. The Morgan fingerprint density at radius 1 is 1.06 bits per heavy atom. The molecule has 0 aliphatic carbocycles. The van der Waals surface area contributed by atoms with Gasteiger partial charge in [-0.15, -0.1) is 0 Å². The van der Waals surface area contributed by atoms with Crippen molar-refractivity contribution >= 4 is 32.6 Å². The Morgan fingerprint density at radius 3 is 2.40 bits per heavy atom. The van der Waals surface area contributed by atoms with E-state index in [1.807, 2.05) is 0 Å². The first kappa shape index (κ1) is 24.2. The fourth-order valence-electron chi connectivity index (χ4n) is 3.41. The van der Waals surface area contributed by atoms with Crippen LogP contribution in [0.25, 0.3) is 22.5 Å². The number of nitrogens with zero attached hydrogens (tertiary/aromatic N) is 1. The molecule has 0 aliphatic rings. The van der Waals surface area contributed by atoms with Crippen LogP contribution in [0.2, 0.25) is 0 Å². The van der Waals surface area contributed by atoms with Gasteiger partial charge in [-0.1, -0.05) is 19.1 Å². The molecule has 2 aromatic heterocycles. The van der Waals surface area contributed by atoms with Crippen LogP contribution in [0, 0.1) is 0 Å². The van der Waals surface area contributed by atoms with Gasteiger partial charge in [0.05, 0.1) is 16.5 Å². The minimum Gasteiger partial charge on any atom is -0.473 e. The van der Waals surface area contributed by atoms with E-state index in [0.717, 1.165) is 4.31 Å². The number of benzene rings is 2. The van der Waals surface area contributed by atoms with Gasteiger partial charge < -0.3 is 18.9 Å². The lowest BCUT2D eigenvalue weighted by Crippen LogP contribution is -2.34. The Hall–Kier alpha value is -3.89. The predicted molar refractivity (Wildman–Crippen MR) is 131 cm³/mol. The van der Waals surface area contributed by atoms with E-state index in [9.17, 15) is 18.0 Å². The van der Waals surface area contributed by atoms with Crippen molar-refractivity contribution in [1.82, 2.24) is 4.31 Å². The number of hydrogen-bond donors (Lipinski definition) is 1. The number of nitrogens with one attached hydrogen (secondary N) is 1. The van der Waals surface area contributed by atoms with E-state index in [0.29, 0.717) is 16.7 Å². The summed E-state index contributed by atoms with van der Waals surface area (Å²) in [6.45, 7) is 1.74. The molecular weight excluding hydrogens is 472 g/mol. The van der Waals surface area contributed by atoms with Crippen LogP contribution in [0.4, 0.5) is 5.69 Å². The normalized spacial score (nSPS) is 12.6. The molecule has 0 bridgehead atoms. The molecule has 0 saturated heterocycles. The summed E-state index contributed by atoms with van der Waals surface area (Å²) in [5.74, 6) is -0.263. The van der Waals surface area contributed by atoms with E-state index in [1.165, 1.54) is 44.6 Å². The van der Waals surface area contributed by atoms with E-state index in [4.69, 9.17) is 13.6 Å². The second-order valence-corrected chi connectivity index (χ2v) is 10.0. The maximum atomic E-state index is 13.2. The van der Waals surface area contributed by atoms with Gasteiger partial charge >= 0.3 is 0 Å². The summed E-state index contributed by atoms with van der Waals surface area (Å²) >= 11 is 0. The van der Waals surface area contributed by atoms with E-state index in [1.54, 1.807) is 43.3 Å². The molecule has 4 rings (SSSR count).